The van der Waals surface area contributed by atoms with Crippen LogP contribution >= 0.6 is 11.8 Å². The quantitative estimate of drug-likeness (QED) is 0.573. The number of ether oxygens (including phenoxy) is 1. The lowest BCUT2D eigenvalue weighted by molar-refractivity contribution is -0.127. The molecule has 3 aromatic rings. The molecule has 0 unspecified atom stereocenters. The number of carbonyl (C=O) groups excluding carboxylic acids is 1. The molecular weight excluding hydrogens is 374 g/mol. The molecule has 0 radical (unpaired) electrons. The molecule has 1 amide bonds. The predicted octanol–water partition coefficient (Wildman–Crippen LogP) is 3.95. The van der Waals surface area contributed by atoms with Gasteiger partial charge in [0.25, 0.3) is 0 Å². The van der Waals surface area contributed by atoms with Crippen LogP contribution in [0.25, 0.3) is 11.4 Å². The number of nitrogens with zero attached hydrogens (tertiary/aromatic N) is 3. The van der Waals surface area contributed by atoms with Crippen LogP contribution in [0, 0.1) is 6.92 Å². The summed E-state index contributed by atoms with van der Waals surface area (Å²) in [5, 5.41) is 4.00. The summed E-state index contributed by atoms with van der Waals surface area (Å²) in [4.78, 5) is 18.4. The van der Waals surface area contributed by atoms with E-state index in [9.17, 15) is 4.79 Å². The van der Waals surface area contributed by atoms with Crippen LogP contribution < -0.4 is 4.74 Å². The molecule has 0 spiro atoms. The largest absolute Gasteiger partial charge is 0.497 e. The van der Waals surface area contributed by atoms with E-state index in [-0.39, 0.29) is 12.5 Å². The Morgan fingerprint density at radius 1 is 1.18 bits per heavy atom. The van der Waals surface area contributed by atoms with Crippen molar-refractivity contribution < 1.29 is 14.1 Å². The second-order valence-corrected chi connectivity index (χ2v) is 7.39. The summed E-state index contributed by atoms with van der Waals surface area (Å²) >= 11 is 1.60. The topological polar surface area (TPSA) is 68.5 Å². The number of rotatable bonds is 8. The Labute approximate surface area is 168 Å². The Morgan fingerprint density at radius 3 is 2.64 bits per heavy atom. The molecule has 0 aliphatic carbocycles. The van der Waals surface area contributed by atoms with Crippen molar-refractivity contribution in [2.24, 2.45) is 0 Å². The van der Waals surface area contributed by atoms with Crippen molar-refractivity contribution in [2.45, 2.75) is 19.2 Å². The molecule has 0 N–H and O–H groups in total. The lowest BCUT2D eigenvalue weighted by Gasteiger charge is -2.14. The fraction of sp³-hybridized carbons (Fsp3) is 0.286. The van der Waals surface area contributed by atoms with Crippen LogP contribution in [0.3, 0.4) is 0 Å². The van der Waals surface area contributed by atoms with Crippen LogP contribution in [0.4, 0.5) is 0 Å². The zero-order chi connectivity index (χ0) is 19.9. The summed E-state index contributed by atoms with van der Waals surface area (Å²) in [7, 11) is 3.36. The van der Waals surface area contributed by atoms with Gasteiger partial charge in [-0.15, -0.1) is 11.8 Å². The van der Waals surface area contributed by atoms with E-state index in [0.717, 1.165) is 17.1 Å². The van der Waals surface area contributed by atoms with E-state index in [1.807, 2.05) is 36.4 Å². The van der Waals surface area contributed by atoms with Gasteiger partial charge < -0.3 is 14.2 Å². The van der Waals surface area contributed by atoms with Crippen LogP contribution in [0.1, 0.15) is 17.0 Å². The van der Waals surface area contributed by atoms with E-state index < -0.39 is 0 Å². The van der Waals surface area contributed by atoms with Crippen molar-refractivity contribution in [3.8, 4) is 17.1 Å². The van der Waals surface area contributed by atoms with Gasteiger partial charge >= 0.3 is 0 Å². The third kappa shape index (κ3) is 5.13. The van der Waals surface area contributed by atoms with Crippen molar-refractivity contribution in [3.05, 3.63) is 65.5 Å². The minimum atomic E-state index is 0.0304. The van der Waals surface area contributed by atoms with E-state index in [1.165, 1.54) is 11.1 Å². The van der Waals surface area contributed by atoms with E-state index in [4.69, 9.17) is 9.26 Å². The lowest BCUT2D eigenvalue weighted by Crippen LogP contribution is -2.28. The van der Waals surface area contributed by atoms with E-state index in [1.54, 1.807) is 30.8 Å². The van der Waals surface area contributed by atoms with Crippen molar-refractivity contribution in [1.82, 2.24) is 15.0 Å². The maximum atomic E-state index is 12.4. The molecule has 0 aliphatic rings. The Hall–Kier alpha value is -2.80. The zero-order valence-corrected chi connectivity index (χ0v) is 17.0. The lowest BCUT2D eigenvalue weighted by atomic mass is 10.1. The molecule has 1 aromatic heterocycles. The van der Waals surface area contributed by atoms with Gasteiger partial charge in [-0.3, -0.25) is 4.79 Å². The van der Waals surface area contributed by atoms with Gasteiger partial charge in [0.2, 0.25) is 17.6 Å². The molecule has 0 atom stereocenters. The third-order valence-electron chi connectivity index (χ3n) is 4.36. The van der Waals surface area contributed by atoms with Crippen molar-refractivity contribution in [3.63, 3.8) is 0 Å². The highest BCUT2D eigenvalue weighted by atomic mass is 32.2. The molecule has 3 rings (SSSR count). The first-order chi connectivity index (χ1) is 13.6. The standard InChI is InChI=1S/C21H23N3O3S/c1-15-6-4-5-7-17(15)13-28-14-20(25)24(2)12-19-22-21(23-27-19)16-8-10-18(26-3)11-9-16/h4-11H,12-14H2,1-3H3. The molecule has 146 valence electrons. The second kappa shape index (κ2) is 9.41. The van der Waals surface area contributed by atoms with Crippen molar-refractivity contribution in [1.29, 1.82) is 0 Å². The third-order valence-corrected chi connectivity index (χ3v) is 5.33. The Kier molecular flexibility index (Phi) is 6.71. The Bertz CT molecular complexity index is 925. The number of carbonyl (C=O) groups is 1. The molecule has 0 saturated carbocycles. The van der Waals surface area contributed by atoms with E-state index in [2.05, 4.69) is 29.2 Å². The monoisotopic (exact) mass is 397 g/mol. The maximum absolute atomic E-state index is 12.4. The maximum Gasteiger partial charge on any atom is 0.246 e. The number of hydrogen-bond acceptors (Lipinski definition) is 6. The number of aryl methyl sites for hydroxylation is 1. The van der Waals surface area contributed by atoms with Gasteiger partial charge in [0.05, 0.1) is 19.4 Å². The van der Waals surface area contributed by atoms with Crippen molar-refractivity contribution in [2.75, 3.05) is 19.9 Å². The molecule has 0 saturated heterocycles. The highest BCUT2D eigenvalue weighted by Crippen LogP contribution is 2.20. The van der Waals surface area contributed by atoms with Gasteiger partial charge in [-0.05, 0) is 42.3 Å². The van der Waals surface area contributed by atoms with Crippen LogP contribution in [-0.2, 0) is 17.1 Å². The SMILES string of the molecule is COc1ccc(-c2noc(CN(C)C(=O)CSCc3ccccc3C)n2)cc1. The number of hydrogen-bond donors (Lipinski definition) is 0. The normalized spacial score (nSPS) is 10.7. The zero-order valence-electron chi connectivity index (χ0n) is 16.2. The highest BCUT2D eigenvalue weighted by molar-refractivity contribution is 7.99. The van der Waals surface area contributed by atoms with Crippen LogP contribution in [0.2, 0.25) is 0 Å². The Balaban J connectivity index is 1.51. The first-order valence-electron chi connectivity index (χ1n) is 8.90. The fourth-order valence-corrected chi connectivity index (χ4v) is 3.64. The van der Waals surface area contributed by atoms with Gasteiger partial charge in [-0.1, -0.05) is 29.4 Å². The average Bonchev–Trinajstić information content (AvgIpc) is 3.18. The molecule has 0 bridgehead atoms. The average molecular weight is 398 g/mol. The second-order valence-electron chi connectivity index (χ2n) is 6.41. The van der Waals surface area contributed by atoms with Gasteiger partial charge in [-0.25, -0.2) is 0 Å². The minimum Gasteiger partial charge on any atom is -0.497 e. The number of aromatic nitrogens is 2. The fourth-order valence-electron chi connectivity index (χ4n) is 2.60. The molecule has 7 heteroatoms. The number of thioether (sulfide) groups is 1. The smallest absolute Gasteiger partial charge is 0.246 e. The van der Waals surface area contributed by atoms with Crippen LogP contribution in [0.5, 0.6) is 5.75 Å². The summed E-state index contributed by atoms with van der Waals surface area (Å²) < 4.78 is 10.4. The highest BCUT2D eigenvalue weighted by Gasteiger charge is 2.15. The van der Waals surface area contributed by atoms with Crippen LogP contribution in [-0.4, -0.2) is 40.9 Å². The summed E-state index contributed by atoms with van der Waals surface area (Å²) in [5.74, 6) is 2.92. The first-order valence-corrected chi connectivity index (χ1v) is 10.1. The summed E-state index contributed by atoms with van der Waals surface area (Å²) in [6, 6.07) is 15.6. The molecule has 0 aliphatic heterocycles. The van der Waals surface area contributed by atoms with E-state index in [0.29, 0.717) is 17.5 Å². The summed E-state index contributed by atoms with van der Waals surface area (Å²) in [6.45, 7) is 2.37. The molecular formula is C21H23N3O3S. The number of amides is 1. The van der Waals surface area contributed by atoms with E-state index >= 15 is 0 Å². The summed E-state index contributed by atoms with van der Waals surface area (Å²) in [6.07, 6.45) is 0. The summed E-state index contributed by atoms with van der Waals surface area (Å²) in [5.41, 5.74) is 3.33. The van der Waals surface area contributed by atoms with Gasteiger partial charge in [0.15, 0.2) is 0 Å². The first kappa shape index (κ1) is 19.9. The molecule has 2 aromatic carbocycles. The number of benzene rings is 2. The van der Waals surface area contributed by atoms with Crippen molar-refractivity contribution >= 4 is 17.7 Å². The Morgan fingerprint density at radius 2 is 1.93 bits per heavy atom. The van der Waals surface area contributed by atoms with Gasteiger partial charge in [-0.2, -0.15) is 4.98 Å². The van der Waals surface area contributed by atoms with Gasteiger partial charge in [0.1, 0.15) is 5.75 Å². The minimum absolute atomic E-state index is 0.0304. The molecule has 6 nitrogen and oxygen atoms in total. The molecule has 1 heterocycles. The van der Waals surface area contributed by atoms with Gasteiger partial charge in [0, 0.05) is 18.4 Å². The van der Waals surface area contributed by atoms with Crippen LogP contribution in [0.15, 0.2) is 53.1 Å². The molecule has 0 fully saturated rings. The molecule has 28 heavy (non-hydrogen) atoms. The number of methoxy groups -OCH3 is 1. The predicted molar refractivity (Wildman–Crippen MR) is 110 cm³/mol.